The molecule has 4 heteroatoms. The Morgan fingerprint density at radius 2 is 2.18 bits per heavy atom. The van der Waals surface area contributed by atoms with Crippen molar-refractivity contribution >= 4 is 0 Å². The van der Waals surface area contributed by atoms with Crippen LogP contribution < -0.4 is 5.32 Å². The van der Waals surface area contributed by atoms with E-state index in [9.17, 15) is 0 Å². The van der Waals surface area contributed by atoms with Crippen LogP contribution in [0.4, 0.5) is 0 Å². The van der Waals surface area contributed by atoms with Gasteiger partial charge in [-0.15, -0.1) is 0 Å². The molecular formula is C13H24N2O2. The molecule has 0 aliphatic carbocycles. The monoisotopic (exact) mass is 240 g/mol. The van der Waals surface area contributed by atoms with Gasteiger partial charge in [0.25, 0.3) is 0 Å². The van der Waals surface area contributed by atoms with Gasteiger partial charge in [0.05, 0.1) is 13.2 Å². The van der Waals surface area contributed by atoms with Crippen LogP contribution >= 0.6 is 0 Å². The first kappa shape index (κ1) is 14.2. The van der Waals surface area contributed by atoms with Gasteiger partial charge in [-0.05, 0) is 45.6 Å². The van der Waals surface area contributed by atoms with E-state index in [0.29, 0.717) is 0 Å². The van der Waals surface area contributed by atoms with E-state index in [1.807, 2.05) is 19.1 Å². The van der Waals surface area contributed by atoms with Crippen LogP contribution in [0.2, 0.25) is 0 Å². The summed E-state index contributed by atoms with van der Waals surface area (Å²) in [5, 5.41) is 3.37. The smallest absolute Gasteiger partial charge is 0.117 e. The van der Waals surface area contributed by atoms with E-state index < -0.39 is 0 Å². The number of furan rings is 1. The summed E-state index contributed by atoms with van der Waals surface area (Å²) in [6.07, 6.45) is 1.14. The molecule has 4 nitrogen and oxygen atoms in total. The van der Waals surface area contributed by atoms with Crippen molar-refractivity contribution in [2.24, 2.45) is 0 Å². The first-order valence-corrected chi connectivity index (χ1v) is 6.16. The summed E-state index contributed by atoms with van der Waals surface area (Å²) in [5.74, 6) is 1.98. The number of hydrogen-bond donors (Lipinski definition) is 1. The third-order valence-electron chi connectivity index (χ3n) is 2.67. The van der Waals surface area contributed by atoms with Crippen molar-refractivity contribution in [2.45, 2.75) is 19.9 Å². The SMILES string of the molecule is COCCN(C)CCCNCc1ccc(C)o1. The lowest BCUT2D eigenvalue weighted by molar-refractivity contribution is 0.160. The fourth-order valence-corrected chi connectivity index (χ4v) is 1.62. The number of ether oxygens (including phenoxy) is 1. The number of hydrogen-bond acceptors (Lipinski definition) is 4. The summed E-state index contributed by atoms with van der Waals surface area (Å²) in [6.45, 7) is 6.68. The molecule has 0 amide bonds. The summed E-state index contributed by atoms with van der Waals surface area (Å²) in [5.41, 5.74) is 0. The van der Waals surface area contributed by atoms with Crippen LogP contribution in [0.1, 0.15) is 17.9 Å². The standard InChI is InChI=1S/C13H24N2O2/c1-12-5-6-13(17-12)11-14-7-4-8-15(2)9-10-16-3/h5-6,14H,4,7-11H2,1-3H3. The fraction of sp³-hybridized carbons (Fsp3) is 0.692. The van der Waals surface area contributed by atoms with E-state index in [2.05, 4.69) is 17.3 Å². The van der Waals surface area contributed by atoms with Gasteiger partial charge < -0.3 is 19.4 Å². The number of aryl methyl sites for hydroxylation is 1. The summed E-state index contributed by atoms with van der Waals surface area (Å²) >= 11 is 0. The Morgan fingerprint density at radius 3 is 2.82 bits per heavy atom. The number of rotatable bonds is 9. The molecule has 0 fully saturated rings. The van der Waals surface area contributed by atoms with E-state index in [1.54, 1.807) is 7.11 Å². The van der Waals surface area contributed by atoms with E-state index in [0.717, 1.165) is 50.7 Å². The van der Waals surface area contributed by atoms with Crippen LogP contribution in [-0.2, 0) is 11.3 Å². The molecular weight excluding hydrogens is 216 g/mol. The lowest BCUT2D eigenvalue weighted by Gasteiger charge is -2.15. The molecule has 0 aliphatic rings. The molecule has 17 heavy (non-hydrogen) atoms. The highest BCUT2D eigenvalue weighted by Crippen LogP contribution is 2.05. The van der Waals surface area contributed by atoms with Crippen molar-refractivity contribution in [1.29, 1.82) is 0 Å². The maximum atomic E-state index is 5.47. The molecule has 0 radical (unpaired) electrons. The fourth-order valence-electron chi connectivity index (χ4n) is 1.62. The number of methoxy groups -OCH3 is 1. The third-order valence-corrected chi connectivity index (χ3v) is 2.67. The molecule has 0 aliphatic heterocycles. The Labute approximate surface area is 104 Å². The Kier molecular flexibility index (Phi) is 6.93. The van der Waals surface area contributed by atoms with Gasteiger partial charge in [-0.1, -0.05) is 0 Å². The van der Waals surface area contributed by atoms with Gasteiger partial charge >= 0.3 is 0 Å². The highest BCUT2D eigenvalue weighted by Gasteiger charge is 1.99. The van der Waals surface area contributed by atoms with Gasteiger partial charge in [0.1, 0.15) is 11.5 Å². The number of nitrogens with zero attached hydrogens (tertiary/aromatic N) is 1. The number of likely N-dealkylation sites (N-methyl/N-ethyl adjacent to an activating group) is 1. The van der Waals surface area contributed by atoms with Crippen LogP contribution in [0.3, 0.4) is 0 Å². The van der Waals surface area contributed by atoms with Crippen LogP contribution in [0.5, 0.6) is 0 Å². The van der Waals surface area contributed by atoms with Crippen molar-refractivity contribution in [2.75, 3.05) is 40.4 Å². The minimum Gasteiger partial charge on any atom is -0.465 e. The first-order valence-electron chi connectivity index (χ1n) is 6.16. The van der Waals surface area contributed by atoms with Gasteiger partial charge in [0.15, 0.2) is 0 Å². The molecule has 1 aromatic heterocycles. The zero-order valence-electron chi connectivity index (χ0n) is 11.2. The lowest BCUT2D eigenvalue weighted by Crippen LogP contribution is -2.26. The van der Waals surface area contributed by atoms with Gasteiger partial charge in [-0.3, -0.25) is 0 Å². The molecule has 98 valence electrons. The predicted octanol–water partition coefficient (Wildman–Crippen LogP) is 1.65. The minimum atomic E-state index is 0.801. The molecule has 1 rings (SSSR count). The maximum Gasteiger partial charge on any atom is 0.117 e. The Bertz CT molecular complexity index is 299. The molecule has 1 heterocycles. The largest absolute Gasteiger partial charge is 0.465 e. The molecule has 0 bridgehead atoms. The molecule has 0 saturated carbocycles. The average molecular weight is 240 g/mol. The molecule has 0 saturated heterocycles. The van der Waals surface area contributed by atoms with Crippen molar-refractivity contribution in [3.63, 3.8) is 0 Å². The van der Waals surface area contributed by atoms with Crippen molar-refractivity contribution in [3.8, 4) is 0 Å². The van der Waals surface area contributed by atoms with E-state index >= 15 is 0 Å². The second-order valence-corrected chi connectivity index (χ2v) is 4.34. The van der Waals surface area contributed by atoms with Crippen molar-refractivity contribution in [3.05, 3.63) is 23.7 Å². The Hall–Kier alpha value is -0.840. The second kappa shape index (κ2) is 8.28. The molecule has 0 unspecified atom stereocenters. The van der Waals surface area contributed by atoms with Gasteiger partial charge in [0.2, 0.25) is 0 Å². The van der Waals surface area contributed by atoms with E-state index in [1.165, 1.54) is 0 Å². The molecule has 1 aromatic rings. The first-order chi connectivity index (χ1) is 8.22. The average Bonchev–Trinajstić information content (AvgIpc) is 2.72. The topological polar surface area (TPSA) is 37.6 Å². The summed E-state index contributed by atoms with van der Waals surface area (Å²) in [7, 11) is 3.86. The maximum absolute atomic E-state index is 5.47. The normalized spacial score (nSPS) is 11.3. The third kappa shape index (κ3) is 6.46. The summed E-state index contributed by atoms with van der Waals surface area (Å²) < 4.78 is 10.5. The van der Waals surface area contributed by atoms with Gasteiger partial charge in [-0.2, -0.15) is 0 Å². The quantitative estimate of drug-likeness (QED) is 0.666. The molecule has 0 atom stereocenters. The van der Waals surface area contributed by atoms with Crippen molar-refractivity contribution in [1.82, 2.24) is 10.2 Å². The van der Waals surface area contributed by atoms with Crippen LogP contribution in [-0.4, -0.2) is 45.3 Å². The van der Waals surface area contributed by atoms with Gasteiger partial charge in [-0.25, -0.2) is 0 Å². The lowest BCUT2D eigenvalue weighted by atomic mass is 10.3. The van der Waals surface area contributed by atoms with E-state index in [-0.39, 0.29) is 0 Å². The van der Waals surface area contributed by atoms with Crippen LogP contribution in [0.25, 0.3) is 0 Å². The molecule has 1 N–H and O–H groups in total. The van der Waals surface area contributed by atoms with Gasteiger partial charge in [0, 0.05) is 13.7 Å². The zero-order valence-corrected chi connectivity index (χ0v) is 11.2. The van der Waals surface area contributed by atoms with Crippen LogP contribution in [0, 0.1) is 6.92 Å². The minimum absolute atomic E-state index is 0.801. The summed E-state index contributed by atoms with van der Waals surface area (Å²) in [6, 6.07) is 4.02. The van der Waals surface area contributed by atoms with E-state index in [4.69, 9.17) is 9.15 Å². The molecule has 0 aromatic carbocycles. The zero-order chi connectivity index (χ0) is 12.5. The Balaban J connectivity index is 1.97. The molecule has 0 spiro atoms. The number of nitrogens with one attached hydrogen (secondary N) is 1. The van der Waals surface area contributed by atoms with Crippen LogP contribution in [0.15, 0.2) is 16.5 Å². The Morgan fingerprint density at radius 1 is 1.35 bits per heavy atom. The summed E-state index contributed by atoms with van der Waals surface area (Å²) in [4.78, 5) is 2.28. The van der Waals surface area contributed by atoms with Crippen molar-refractivity contribution < 1.29 is 9.15 Å². The second-order valence-electron chi connectivity index (χ2n) is 4.34. The highest BCUT2D eigenvalue weighted by molar-refractivity contribution is 5.04. The highest BCUT2D eigenvalue weighted by atomic mass is 16.5. The predicted molar refractivity (Wildman–Crippen MR) is 69.1 cm³/mol.